The van der Waals surface area contributed by atoms with Gasteiger partial charge in [0.2, 0.25) is 0 Å². The van der Waals surface area contributed by atoms with E-state index in [-0.39, 0.29) is 11.9 Å². The third kappa shape index (κ3) is 5.30. The highest BCUT2D eigenvalue weighted by Crippen LogP contribution is 2.43. The summed E-state index contributed by atoms with van der Waals surface area (Å²) in [5, 5.41) is 0. The quantitative estimate of drug-likeness (QED) is 0.304. The fourth-order valence-electron chi connectivity index (χ4n) is 5.59. The Hall–Kier alpha value is -0.452. The van der Waals surface area contributed by atoms with Crippen molar-refractivity contribution < 1.29 is 19.1 Å². The number of ether oxygens (including phenoxy) is 2. The van der Waals surface area contributed by atoms with E-state index in [9.17, 15) is 9.59 Å². The minimum atomic E-state index is -1.73. The van der Waals surface area contributed by atoms with Crippen LogP contribution in [0.25, 0.3) is 0 Å². The van der Waals surface area contributed by atoms with Gasteiger partial charge in [0, 0.05) is 35.0 Å². The Morgan fingerprint density at radius 3 is 1.46 bits per heavy atom. The minimum absolute atomic E-state index is 0.207. The number of rotatable bonds is 9. The van der Waals surface area contributed by atoms with Crippen LogP contribution in [0.5, 0.6) is 0 Å². The number of esters is 2. The van der Waals surface area contributed by atoms with E-state index in [0.717, 1.165) is 6.04 Å². The van der Waals surface area contributed by atoms with Gasteiger partial charge >= 0.3 is 11.9 Å². The first-order valence-corrected chi connectivity index (χ1v) is 25.0. The maximum absolute atomic E-state index is 12.7. The van der Waals surface area contributed by atoms with Gasteiger partial charge in [0.05, 0.1) is 20.1 Å². The van der Waals surface area contributed by atoms with Crippen LogP contribution in [0.3, 0.4) is 0 Å². The number of methoxy groups -OCH3 is 2. The van der Waals surface area contributed by atoms with Gasteiger partial charge in [-0.2, -0.15) is 0 Å². The predicted molar refractivity (Wildman–Crippen MR) is 122 cm³/mol. The van der Waals surface area contributed by atoms with E-state index in [2.05, 4.69) is 65.5 Å². The molecule has 0 fully saturated rings. The third-order valence-electron chi connectivity index (χ3n) is 5.89. The van der Waals surface area contributed by atoms with E-state index in [1.165, 1.54) is 14.2 Å². The molecule has 0 aliphatic carbocycles. The zero-order valence-electron chi connectivity index (χ0n) is 18.8. The Balaban J connectivity index is 6.29. The van der Waals surface area contributed by atoms with Gasteiger partial charge < -0.3 is 9.47 Å². The van der Waals surface area contributed by atoms with Crippen molar-refractivity contribution in [2.45, 2.75) is 71.4 Å². The van der Waals surface area contributed by atoms with Gasteiger partial charge in [0.15, 0.2) is 0 Å². The fourth-order valence-corrected chi connectivity index (χ4v) is 104. The van der Waals surface area contributed by atoms with Crippen LogP contribution in [0.1, 0.15) is 6.42 Å². The van der Waals surface area contributed by atoms with Crippen LogP contribution in [0.4, 0.5) is 0 Å². The van der Waals surface area contributed by atoms with Gasteiger partial charge in [0.25, 0.3) is 0 Å². The molecule has 0 saturated carbocycles. The minimum Gasteiger partial charge on any atom is -0.469 e. The molecular weight excluding hydrogens is 393 g/mol. The summed E-state index contributed by atoms with van der Waals surface area (Å²) in [4.78, 5) is 24.5. The molecule has 0 radical (unpaired) electrons. The molecule has 0 aromatic rings. The van der Waals surface area contributed by atoms with Gasteiger partial charge in [-0.25, -0.2) is 4.79 Å². The van der Waals surface area contributed by atoms with Gasteiger partial charge in [0.1, 0.15) is 0 Å². The molecule has 0 aliphatic rings. The fraction of sp³-hybridized carbons (Fsp3) is 0.778. The lowest BCUT2D eigenvalue weighted by molar-refractivity contribution is -0.144. The molecule has 0 aromatic carbocycles. The topological polar surface area (TPSA) is 52.6 Å². The number of hydrogen-bond donors (Lipinski definition) is 0. The first-order valence-electron chi connectivity index (χ1n) is 9.30. The van der Waals surface area contributed by atoms with E-state index >= 15 is 0 Å². The lowest BCUT2D eigenvalue weighted by Gasteiger charge is -2.58. The molecule has 0 spiro atoms. The first kappa shape index (κ1) is 25.5. The molecule has 8 heteroatoms. The Kier molecular flexibility index (Phi) is 8.55. The van der Waals surface area contributed by atoms with Crippen molar-refractivity contribution in [3.8, 4) is 0 Å². The SMILES string of the molecule is C=C(CC(C[Si]([Si](C)(C)C)([Si](C)(C)C)[Si](C)(C)C)C(=O)OC)C(=O)OC. The molecule has 4 nitrogen and oxygen atoms in total. The summed E-state index contributed by atoms with van der Waals surface area (Å²) in [6, 6.07) is 0.927. The molecule has 1 unspecified atom stereocenters. The second-order valence-corrected chi connectivity index (χ2v) is 51.8. The van der Waals surface area contributed by atoms with Crippen LogP contribution in [0.2, 0.25) is 65.0 Å². The van der Waals surface area contributed by atoms with Gasteiger partial charge in [-0.05, 0) is 12.5 Å². The van der Waals surface area contributed by atoms with Crippen LogP contribution < -0.4 is 0 Å². The molecule has 1 atom stereocenters. The Morgan fingerprint density at radius 1 is 0.808 bits per heavy atom. The molecule has 26 heavy (non-hydrogen) atoms. The van der Waals surface area contributed by atoms with Crippen molar-refractivity contribution in [2.75, 3.05) is 14.2 Å². The molecule has 0 aromatic heterocycles. The first-order chi connectivity index (χ1) is 11.5. The molecule has 0 rings (SSSR count). The standard InChI is InChI=1S/C18H40O4Si4/c1-15(17(19)21-2)13-16(18(20)22-3)14-26(23(4,5)6,24(7,8)9)25(10,11)12/h16H,1,13-14H2,2-12H3. The van der Waals surface area contributed by atoms with E-state index in [1.807, 2.05) is 0 Å². The number of hydrogen-bond acceptors (Lipinski definition) is 4. The second-order valence-electron chi connectivity index (χ2n) is 10.4. The summed E-state index contributed by atoms with van der Waals surface area (Å²) in [6.45, 7) is 24.6. The van der Waals surface area contributed by atoms with Crippen molar-refractivity contribution in [3.05, 3.63) is 12.2 Å². The highest BCUT2D eigenvalue weighted by atomic mass is 29.9. The third-order valence-corrected chi connectivity index (χ3v) is 80.1. The van der Waals surface area contributed by atoms with E-state index in [0.29, 0.717) is 12.0 Å². The molecule has 0 aliphatic heterocycles. The van der Waals surface area contributed by atoms with Crippen LogP contribution in [0.15, 0.2) is 12.2 Å². The molecule has 0 amide bonds. The molecule has 0 N–H and O–H groups in total. The number of carbonyl (C=O) groups excluding carboxylic acids is 2. The average Bonchev–Trinajstić information content (AvgIpc) is 2.45. The van der Waals surface area contributed by atoms with Crippen LogP contribution in [-0.4, -0.2) is 55.6 Å². The summed E-state index contributed by atoms with van der Waals surface area (Å²) in [5.41, 5.74) is 0.368. The van der Waals surface area contributed by atoms with E-state index < -0.39 is 35.4 Å². The second kappa shape index (κ2) is 8.70. The predicted octanol–water partition coefficient (Wildman–Crippen LogP) is 4.59. The van der Waals surface area contributed by atoms with Crippen LogP contribution in [0, 0.1) is 5.92 Å². The van der Waals surface area contributed by atoms with Gasteiger partial charge in [-0.3, -0.25) is 4.79 Å². The summed E-state index contributed by atoms with van der Waals surface area (Å²) < 4.78 is 9.95. The average molecular weight is 433 g/mol. The maximum Gasteiger partial charge on any atom is 0.333 e. The van der Waals surface area contributed by atoms with Gasteiger partial charge in [-0.1, -0.05) is 65.5 Å². The molecule has 0 heterocycles. The smallest absolute Gasteiger partial charge is 0.333 e. The van der Waals surface area contributed by atoms with Crippen molar-refractivity contribution in [1.82, 2.24) is 0 Å². The Bertz CT molecular complexity index is 503. The summed E-state index contributed by atoms with van der Waals surface area (Å²) in [6.07, 6.45) is 0.341. The lowest BCUT2D eigenvalue weighted by atomic mass is 10.0. The lowest BCUT2D eigenvalue weighted by Crippen LogP contribution is -2.83. The summed E-state index contributed by atoms with van der Waals surface area (Å²) in [7, 11) is -1.73. The largest absolute Gasteiger partial charge is 0.469 e. The Morgan fingerprint density at radius 2 is 1.19 bits per heavy atom. The summed E-state index contributed by atoms with van der Waals surface area (Å²) >= 11 is 0. The van der Waals surface area contributed by atoms with Crippen molar-refractivity contribution in [1.29, 1.82) is 0 Å². The Labute approximate surface area is 164 Å². The monoisotopic (exact) mass is 432 g/mol. The highest BCUT2D eigenvalue weighted by Gasteiger charge is 2.62. The molecular formula is C18H40O4Si4. The normalized spacial score (nSPS) is 14.6. The maximum atomic E-state index is 12.7. The molecule has 0 saturated heterocycles. The molecule has 152 valence electrons. The van der Waals surface area contributed by atoms with Crippen LogP contribution in [-0.2, 0) is 19.1 Å². The number of carbonyl (C=O) groups is 2. The van der Waals surface area contributed by atoms with E-state index in [4.69, 9.17) is 9.47 Å². The van der Waals surface area contributed by atoms with Gasteiger partial charge in [-0.15, -0.1) is 0 Å². The van der Waals surface area contributed by atoms with E-state index in [1.54, 1.807) is 0 Å². The summed E-state index contributed by atoms with van der Waals surface area (Å²) in [5.74, 6) is -0.926. The van der Waals surface area contributed by atoms with Crippen molar-refractivity contribution in [3.63, 3.8) is 0 Å². The van der Waals surface area contributed by atoms with Crippen molar-refractivity contribution >= 4 is 41.3 Å². The zero-order valence-corrected chi connectivity index (χ0v) is 22.8. The zero-order chi connectivity index (χ0) is 21.1. The van der Waals surface area contributed by atoms with Crippen molar-refractivity contribution in [2.24, 2.45) is 5.92 Å². The highest BCUT2D eigenvalue weighted by molar-refractivity contribution is 7.89. The van der Waals surface area contributed by atoms with Crippen LogP contribution >= 0.6 is 0 Å². The molecule has 0 bridgehead atoms.